The summed E-state index contributed by atoms with van der Waals surface area (Å²) in [4.78, 5) is 18.3. The zero-order valence-corrected chi connectivity index (χ0v) is 18.5. The van der Waals surface area contributed by atoms with Crippen LogP contribution in [0, 0.1) is 6.92 Å². The number of aromatic nitrogens is 5. The molecule has 3 heterocycles. The fourth-order valence-electron chi connectivity index (χ4n) is 4.29. The summed E-state index contributed by atoms with van der Waals surface area (Å²) in [5, 5.41) is 13.1. The van der Waals surface area contributed by atoms with E-state index < -0.39 is 0 Å². The summed E-state index contributed by atoms with van der Waals surface area (Å²) < 4.78 is 3.83. The van der Waals surface area contributed by atoms with Gasteiger partial charge in [0.05, 0.1) is 28.4 Å². The molecule has 0 bridgehead atoms. The summed E-state index contributed by atoms with van der Waals surface area (Å²) in [6.07, 6.45) is 7.81. The van der Waals surface area contributed by atoms with Crippen LogP contribution in [0.5, 0.6) is 0 Å². The summed E-state index contributed by atoms with van der Waals surface area (Å²) in [5.41, 5.74) is 4.17. The van der Waals surface area contributed by atoms with Crippen LogP contribution in [0.1, 0.15) is 66.3 Å². The Bertz CT molecular complexity index is 1220. The normalized spacial score (nSPS) is 14.6. The topological polar surface area (TPSA) is 77.6 Å². The van der Waals surface area contributed by atoms with E-state index in [-0.39, 0.29) is 11.9 Å². The van der Waals surface area contributed by atoms with Crippen molar-refractivity contribution < 1.29 is 4.79 Å². The molecule has 0 spiro atoms. The molecule has 4 aromatic rings. The summed E-state index contributed by atoms with van der Waals surface area (Å²) in [7, 11) is 0. The molecule has 1 aliphatic carbocycles. The molecule has 1 atom stereocenters. The number of amides is 1. The van der Waals surface area contributed by atoms with E-state index >= 15 is 0 Å². The molecule has 1 fully saturated rings. The molecule has 164 valence electrons. The van der Waals surface area contributed by atoms with Crippen LogP contribution in [0.3, 0.4) is 0 Å². The van der Waals surface area contributed by atoms with Crippen LogP contribution < -0.4 is 5.32 Å². The number of hydrogen-bond donors (Lipinski definition) is 1. The van der Waals surface area contributed by atoms with Gasteiger partial charge in [0.2, 0.25) is 0 Å². The monoisotopic (exact) mass is 428 g/mol. The second-order valence-electron chi connectivity index (χ2n) is 8.49. The second kappa shape index (κ2) is 8.57. The van der Waals surface area contributed by atoms with Crippen molar-refractivity contribution in [3.05, 3.63) is 71.8 Å². The van der Waals surface area contributed by atoms with Gasteiger partial charge in [-0.15, -0.1) is 0 Å². The molecule has 1 amide bonds. The van der Waals surface area contributed by atoms with Crippen LogP contribution in [0.15, 0.2) is 54.9 Å². The van der Waals surface area contributed by atoms with Gasteiger partial charge < -0.3 is 5.32 Å². The molecule has 0 unspecified atom stereocenters. The van der Waals surface area contributed by atoms with Crippen LogP contribution >= 0.6 is 0 Å². The average molecular weight is 429 g/mol. The van der Waals surface area contributed by atoms with Crippen molar-refractivity contribution in [2.75, 3.05) is 6.54 Å². The first-order valence-electron chi connectivity index (χ1n) is 11.4. The predicted molar refractivity (Wildman–Crippen MR) is 124 cm³/mol. The molecule has 7 nitrogen and oxygen atoms in total. The van der Waals surface area contributed by atoms with Gasteiger partial charge in [0, 0.05) is 30.6 Å². The molecular formula is C25H28N6O. The highest BCUT2D eigenvalue weighted by Crippen LogP contribution is 2.40. The predicted octanol–water partition coefficient (Wildman–Crippen LogP) is 4.57. The number of nitrogens with one attached hydrogen (secondary N) is 1. The largest absolute Gasteiger partial charge is 0.352 e. The Balaban J connectivity index is 1.45. The quantitative estimate of drug-likeness (QED) is 0.446. The first kappa shape index (κ1) is 20.4. The molecule has 1 saturated carbocycles. The van der Waals surface area contributed by atoms with Gasteiger partial charge in [-0.1, -0.05) is 25.1 Å². The number of carbonyl (C=O) groups excluding carboxylic acids is 1. The van der Waals surface area contributed by atoms with Gasteiger partial charge >= 0.3 is 0 Å². The number of hydrogen-bond acceptors (Lipinski definition) is 4. The first-order valence-corrected chi connectivity index (χ1v) is 11.4. The summed E-state index contributed by atoms with van der Waals surface area (Å²) in [6.45, 7) is 4.68. The highest BCUT2D eigenvalue weighted by molar-refractivity contribution is 6.06. The lowest BCUT2D eigenvalue weighted by atomic mass is 10.1. The van der Waals surface area contributed by atoms with Crippen molar-refractivity contribution in [1.29, 1.82) is 0 Å². The molecule has 7 heteroatoms. The van der Waals surface area contributed by atoms with Gasteiger partial charge in [-0.3, -0.25) is 9.48 Å². The third kappa shape index (κ3) is 3.90. The molecule has 1 N–H and O–H groups in total. The maximum Gasteiger partial charge on any atom is 0.252 e. The van der Waals surface area contributed by atoms with Gasteiger partial charge in [0.25, 0.3) is 5.91 Å². The van der Waals surface area contributed by atoms with Crippen LogP contribution in [0.4, 0.5) is 0 Å². The maximum atomic E-state index is 13.3. The van der Waals surface area contributed by atoms with Crippen molar-refractivity contribution in [2.24, 2.45) is 0 Å². The van der Waals surface area contributed by atoms with Crippen LogP contribution in [-0.4, -0.2) is 37.0 Å². The number of nitrogens with zero attached hydrogens (tertiary/aromatic N) is 5. The summed E-state index contributed by atoms with van der Waals surface area (Å²) >= 11 is 0. The first-order chi connectivity index (χ1) is 15.7. The number of para-hydroxylation sites is 1. The van der Waals surface area contributed by atoms with Crippen molar-refractivity contribution in [1.82, 2.24) is 29.9 Å². The van der Waals surface area contributed by atoms with Gasteiger partial charge in [-0.25, -0.2) is 9.67 Å². The summed E-state index contributed by atoms with van der Waals surface area (Å²) in [5.74, 6) is 0.375. The van der Waals surface area contributed by atoms with Crippen LogP contribution in [0.25, 0.3) is 16.7 Å². The van der Waals surface area contributed by atoms with Gasteiger partial charge in [-0.05, 0) is 56.9 Å². The molecule has 5 rings (SSSR count). The lowest BCUT2D eigenvalue weighted by molar-refractivity contribution is 0.0952. The Kier molecular flexibility index (Phi) is 5.47. The highest BCUT2D eigenvalue weighted by atomic mass is 16.1. The number of fused-ring (bicyclic) bond motifs is 1. The van der Waals surface area contributed by atoms with Gasteiger partial charge in [0.15, 0.2) is 5.65 Å². The van der Waals surface area contributed by atoms with E-state index in [1.807, 2.05) is 64.9 Å². The Morgan fingerprint density at radius 2 is 2.03 bits per heavy atom. The zero-order chi connectivity index (χ0) is 22.1. The lowest BCUT2D eigenvalue weighted by Gasteiger charge is -2.16. The minimum Gasteiger partial charge on any atom is -0.352 e. The van der Waals surface area contributed by atoms with Crippen molar-refractivity contribution >= 4 is 16.9 Å². The molecule has 32 heavy (non-hydrogen) atoms. The number of aryl methyl sites for hydroxylation is 1. The second-order valence-corrected chi connectivity index (χ2v) is 8.49. The standard InChI is InChI=1S/C25H28N6O/c1-3-19(30-15-7-13-27-30)12-14-26-25(32)21-16-22(18-10-11-18)28-24-23(21)17(2)29-31(24)20-8-5-4-6-9-20/h4-9,13,15-16,18-19H,3,10-12,14H2,1-2H3,(H,26,32)/t19-/m1/s1. The van der Waals surface area contributed by atoms with Crippen LogP contribution in [-0.2, 0) is 0 Å². The number of benzene rings is 1. The molecule has 3 aromatic heterocycles. The molecule has 0 aliphatic heterocycles. The average Bonchev–Trinajstić information content (AvgIpc) is 3.43. The highest BCUT2D eigenvalue weighted by Gasteiger charge is 2.29. The number of carbonyl (C=O) groups is 1. The molecule has 1 aromatic carbocycles. The molecular weight excluding hydrogens is 400 g/mol. The van der Waals surface area contributed by atoms with E-state index in [0.717, 1.165) is 53.8 Å². The molecule has 1 aliphatic rings. The smallest absolute Gasteiger partial charge is 0.252 e. The van der Waals surface area contributed by atoms with Crippen molar-refractivity contribution in [3.8, 4) is 5.69 Å². The van der Waals surface area contributed by atoms with E-state index in [0.29, 0.717) is 18.0 Å². The van der Waals surface area contributed by atoms with Gasteiger partial charge in [-0.2, -0.15) is 10.2 Å². The van der Waals surface area contributed by atoms with E-state index in [9.17, 15) is 4.79 Å². The number of pyridine rings is 1. The Labute approximate surface area is 187 Å². The minimum atomic E-state index is -0.0645. The van der Waals surface area contributed by atoms with Gasteiger partial charge in [0.1, 0.15) is 0 Å². The SMILES string of the molecule is CC[C@H](CCNC(=O)c1cc(C2CC2)nc2c1c(C)nn2-c1ccccc1)n1cccn1. The van der Waals surface area contributed by atoms with Crippen LogP contribution in [0.2, 0.25) is 0 Å². The molecule has 0 radical (unpaired) electrons. The lowest BCUT2D eigenvalue weighted by Crippen LogP contribution is -2.27. The van der Waals surface area contributed by atoms with E-state index in [4.69, 9.17) is 10.1 Å². The third-order valence-corrected chi connectivity index (χ3v) is 6.21. The zero-order valence-electron chi connectivity index (χ0n) is 18.5. The summed E-state index contributed by atoms with van der Waals surface area (Å²) in [6, 6.07) is 14.2. The minimum absolute atomic E-state index is 0.0645. The van der Waals surface area contributed by atoms with Crippen molar-refractivity contribution in [2.45, 2.75) is 51.5 Å². The van der Waals surface area contributed by atoms with Crippen molar-refractivity contribution in [3.63, 3.8) is 0 Å². The fourth-order valence-corrected chi connectivity index (χ4v) is 4.29. The van der Waals surface area contributed by atoms with E-state index in [1.54, 1.807) is 6.20 Å². The van der Waals surface area contributed by atoms with E-state index in [1.165, 1.54) is 0 Å². The Morgan fingerprint density at radius 1 is 1.22 bits per heavy atom. The third-order valence-electron chi connectivity index (χ3n) is 6.21. The molecule has 0 saturated heterocycles. The Morgan fingerprint density at radius 3 is 2.72 bits per heavy atom. The van der Waals surface area contributed by atoms with E-state index in [2.05, 4.69) is 17.3 Å². The number of rotatable bonds is 8. The Hall–Kier alpha value is -3.48. The maximum absolute atomic E-state index is 13.3. The fraction of sp³-hybridized carbons (Fsp3) is 0.360.